The lowest BCUT2D eigenvalue weighted by Crippen LogP contribution is -2.46. The predicted octanol–water partition coefficient (Wildman–Crippen LogP) is 4.76. The molecule has 0 unspecified atom stereocenters. The van der Waals surface area contributed by atoms with Crippen LogP contribution in [0.3, 0.4) is 0 Å². The van der Waals surface area contributed by atoms with Crippen molar-refractivity contribution in [3.8, 4) is 0 Å². The molecular formula is C27H31ClN4O2. The molecule has 5 rings (SSSR count). The average Bonchev–Trinajstić information content (AvgIpc) is 3.38. The van der Waals surface area contributed by atoms with Gasteiger partial charge in [-0.05, 0) is 50.5 Å². The van der Waals surface area contributed by atoms with Crippen LogP contribution in [0.15, 0.2) is 48.7 Å². The highest BCUT2D eigenvalue weighted by atomic mass is 35.5. The first kappa shape index (κ1) is 22.8. The molecule has 2 aliphatic heterocycles. The summed E-state index contributed by atoms with van der Waals surface area (Å²) < 4.78 is 1.87. The molecule has 1 saturated heterocycles. The number of likely N-dealkylation sites (tertiary alicyclic amines) is 1. The average molecular weight is 479 g/mol. The van der Waals surface area contributed by atoms with Crippen molar-refractivity contribution in [2.24, 2.45) is 0 Å². The van der Waals surface area contributed by atoms with Gasteiger partial charge >= 0.3 is 0 Å². The molecule has 7 heteroatoms. The number of hydrogen-bond donors (Lipinski definition) is 1. The number of nitrogens with zero attached hydrogens (tertiary/aromatic N) is 3. The van der Waals surface area contributed by atoms with E-state index in [4.69, 9.17) is 11.6 Å². The smallest absolute Gasteiger partial charge is 0.256 e. The van der Waals surface area contributed by atoms with E-state index in [1.54, 1.807) is 4.90 Å². The Morgan fingerprint density at radius 2 is 1.82 bits per heavy atom. The van der Waals surface area contributed by atoms with Crippen molar-refractivity contribution in [1.29, 1.82) is 0 Å². The standard InChI is InChI=1S/C27H31ClN4O2/c1-3-30(4-2)25(33)17-32-16-21(20-10-9-19(28)15-24(20)32)26(34)31-13-11-27(12-14-31)18-29-23-8-6-5-7-22(23)27/h5-10,15-16,29H,3-4,11-14,17-18H2,1-2H3. The van der Waals surface area contributed by atoms with Crippen LogP contribution in [0.1, 0.15) is 42.6 Å². The minimum Gasteiger partial charge on any atom is -0.384 e. The van der Waals surface area contributed by atoms with Crippen molar-refractivity contribution in [2.45, 2.75) is 38.6 Å². The summed E-state index contributed by atoms with van der Waals surface area (Å²) in [5, 5.41) is 4.98. The summed E-state index contributed by atoms with van der Waals surface area (Å²) in [4.78, 5) is 30.2. The molecule has 1 aromatic heterocycles. The Bertz CT molecular complexity index is 1240. The largest absolute Gasteiger partial charge is 0.384 e. The first-order valence-electron chi connectivity index (χ1n) is 12.1. The highest BCUT2D eigenvalue weighted by Crippen LogP contribution is 2.44. The molecule has 1 fully saturated rings. The summed E-state index contributed by atoms with van der Waals surface area (Å²) in [5.41, 5.74) is 4.16. The second-order valence-corrected chi connectivity index (χ2v) is 9.81. The first-order valence-corrected chi connectivity index (χ1v) is 12.5. The summed E-state index contributed by atoms with van der Waals surface area (Å²) in [5.74, 6) is 0.0589. The highest BCUT2D eigenvalue weighted by molar-refractivity contribution is 6.31. The van der Waals surface area contributed by atoms with E-state index < -0.39 is 0 Å². The summed E-state index contributed by atoms with van der Waals surface area (Å²) in [6.45, 7) is 7.83. The van der Waals surface area contributed by atoms with Crippen molar-refractivity contribution >= 4 is 40.0 Å². The Balaban J connectivity index is 1.39. The molecule has 0 saturated carbocycles. The van der Waals surface area contributed by atoms with Gasteiger partial charge in [-0.1, -0.05) is 35.9 Å². The number of halogens is 1. The fourth-order valence-electron chi connectivity index (χ4n) is 5.60. The van der Waals surface area contributed by atoms with Crippen LogP contribution in [0.5, 0.6) is 0 Å². The summed E-state index contributed by atoms with van der Waals surface area (Å²) in [6, 6.07) is 14.1. The number of carbonyl (C=O) groups excluding carboxylic acids is 2. The second-order valence-electron chi connectivity index (χ2n) is 9.37. The zero-order valence-electron chi connectivity index (χ0n) is 19.8. The predicted molar refractivity (Wildman–Crippen MR) is 137 cm³/mol. The molecule has 1 N–H and O–H groups in total. The number of amides is 2. The number of piperidine rings is 1. The molecule has 2 amide bonds. The Morgan fingerprint density at radius 1 is 1.09 bits per heavy atom. The number of rotatable bonds is 5. The van der Waals surface area contributed by atoms with Crippen molar-refractivity contribution in [1.82, 2.24) is 14.4 Å². The van der Waals surface area contributed by atoms with Crippen LogP contribution >= 0.6 is 11.6 Å². The van der Waals surface area contributed by atoms with E-state index in [0.29, 0.717) is 36.8 Å². The Kier molecular flexibility index (Phi) is 6.02. The lowest BCUT2D eigenvalue weighted by Gasteiger charge is -2.39. The zero-order valence-corrected chi connectivity index (χ0v) is 20.6. The van der Waals surface area contributed by atoms with Gasteiger partial charge in [0.15, 0.2) is 0 Å². The lowest BCUT2D eigenvalue weighted by atomic mass is 9.74. The van der Waals surface area contributed by atoms with E-state index in [2.05, 4.69) is 29.6 Å². The number of nitrogens with one attached hydrogen (secondary N) is 1. The van der Waals surface area contributed by atoms with Gasteiger partial charge in [0, 0.05) is 60.4 Å². The van der Waals surface area contributed by atoms with Gasteiger partial charge in [-0.25, -0.2) is 0 Å². The van der Waals surface area contributed by atoms with E-state index >= 15 is 0 Å². The number of aromatic nitrogens is 1. The molecule has 2 aliphatic rings. The van der Waals surface area contributed by atoms with Crippen LogP contribution in [-0.2, 0) is 16.8 Å². The number of carbonyl (C=O) groups is 2. The van der Waals surface area contributed by atoms with Gasteiger partial charge in [0.25, 0.3) is 5.91 Å². The van der Waals surface area contributed by atoms with Crippen LogP contribution in [-0.4, -0.2) is 58.9 Å². The minimum atomic E-state index is 0.0236. The molecular weight excluding hydrogens is 448 g/mol. The first-order chi connectivity index (χ1) is 16.5. The van der Waals surface area contributed by atoms with Crippen LogP contribution < -0.4 is 5.32 Å². The summed E-state index contributed by atoms with van der Waals surface area (Å²) >= 11 is 6.28. The third kappa shape index (κ3) is 3.84. The molecule has 0 radical (unpaired) electrons. The van der Waals surface area contributed by atoms with Gasteiger partial charge in [-0.2, -0.15) is 0 Å². The van der Waals surface area contributed by atoms with Gasteiger partial charge in [-0.15, -0.1) is 0 Å². The number of fused-ring (bicyclic) bond motifs is 3. The van der Waals surface area contributed by atoms with Crippen molar-refractivity contribution < 1.29 is 9.59 Å². The monoisotopic (exact) mass is 478 g/mol. The Labute approximate surface area is 205 Å². The SMILES string of the molecule is CCN(CC)C(=O)Cn1cc(C(=O)N2CCC3(CC2)CNc2ccccc23)c2ccc(Cl)cc21. The summed E-state index contributed by atoms with van der Waals surface area (Å²) in [6.07, 6.45) is 3.71. The molecule has 3 heterocycles. The van der Waals surface area contributed by atoms with Crippen molar-refractivity contribution in [3.05, 3.63) is 64.8 Å². The van der Waals surface area contributed by atoms with Gasteiger partial charge in [0.2, 0.25) is 5.91 Å². The van der Waals surface area contributed by atoms with E-state index in [-0.39, 0.29) is 23.8 Å². The summed E-state index contributed by atoms with van der Waals surface area (Å²) in [7, 11) is 0. The quantitative estimate of drug-likeness (QED) is 0.575. The van der Waals surface area contributed by atoms with Gasteiger partial charge in [0.05, 0.1) is 11.1 Å². The molecule has 2 aromatic carbocycles. The maximum absolute atomic E-state index is 13.7. The maximum atomic E-state index is 13.7. The molecule has 0 atom stereocenters. The third-order valence-electron chi connectivity index (χ3n) is 7.62. The minimum absolute atomic E-state index is 0.0236. The van der Waals surface area contributed by atoms with E-state index in [0.717, 1.165) is 30.3 Å². The van der Waals surface area contributed by atoms with Gasteiger partial charge < -0.3 is 19.7 Å². The number of benzene rings is 2. The molecule has 34 heavy (non-hydrogen) atoms. The van der Waals surface area contributed by atoms with Crippen LogP contribution in [0, 0.1) is 0 Å². The van der Waals surface area contributed by atoms with Gasteiger partial charge in [-0.3, -0.25) is 9.59 Å². The maximum Gasteiger partial charge on any atom is 0.256 e. The Hall–Kier alpha value is -2.99. The van der Waals surface area contributed by atoms with Crippen molar-refractivity contribution in [2.75, 3.05) is 38.0 Å². The van der Waals surface area contributed by atoms with E-state index in [1.165, 1.54) is 11.3 Å². The topological polar surface area (TPSA) is 57.6 Å². The normalized spacial score (nSPS) is 16.5. The van der Waals surface area contributed by atoms with Gasteiger partial charge in [0.1, 0.15) is 6.54 Å². The fourth-order valence-corrected chi connectivity index (χ4v) is 5.77. The molecule has 0 aliphatic carbocycles. The molecule has 3 aromatic rings. The molecule has 6 nitrogen and oxygen atoms in total. The van der Waals surface area contributed by atoms with E-state index in [9.17, 15) is 9.59 Å². The molecule has 178 valence electrons. The van der Waals surface area contributed by atoms with Crippen LogP contribution in [0.4, 0.5) is 5.69 Å². The van der Waals surface area contributed by atoms with Crippen molar-refractivity contribution in [3.63, 3.8) is 0 Å². The third-order valence-corrected chi connectivity index (χ3v) is 7.85. The number of hydrogen-bond acceptors (Lipinski definition) is 3. The fraction of sp³-hybridized carbons (Fsp3) is 0.407. The zero-order chi connectivity index (χ0) is 23.9. The van der Waals surface area contributed by atoms with Crippen LogP contribution in [0.2, 0.25) is 5.02 Å². The number of anilines is 1. The van der Waals surface area contributed by atoms with E-state index in [1.807, 2.05) is 47.7 Å². The second kappa shape index (κ2) is 8.99. The molecule has 0 bridgehead atoms. The van der Waals surface area contributed by atoms with Crippen LogP contribution in [0.25, 0.3) is 10.9 Å². The number of para-hydroxylation sites is 1. The Morgan fingerprint density at radius 3 is 2.56 bits per heavy atom. The lowest BCUT2D eigenvalue weighted by molar-refractivity contribution is -0.131. The number of likely N-dealkylation sites (N-methyl/N-ethyl adjacent to an activating group) is 1. The highest BCUT2D eigenvalue weighted by Gasteiger charge is 2.42. The molecule has 1 spiro atoms.